The van der Waals surface area contributed by atoms with Crippen LogP contribution in [0.15, 0.2) is 23.6 Å². The zero-order valence-corrected chi connectivity index (χ0v) is 10.2. The number of carbonyl (C=O) groups is 2. The predicted octanol–water partition coefficient (Wildman–Crippen LogP) is 1.80. The highest BCUT2D eigenvalue weighted by atomic mass is 32.1. The van der Waals surface area contributed by atoms with Gasteiger partial charge in [0.1, 0.15) is 11.5 Å². The van der Waals surface area contributed by atoms with Gasteiger partial charge in [-0.15, -0.1) is 11.3 Å². The molecule has 6 nitrogen and oxygen atoms in total. The second kappa shape index (κ2) is 4.92. The van der Waals surface area contributed by atoms with Crippen LogP contribution in [0.1, 0.15) is 26.0 Å². The van der Waals surface area contributed by atoms with Gasteiger partial charge in [0, 0.05) is 5.38 Å². The first-order chi connectivity index (χ1) is 8.56. The molecule has 0 saturated carbocycles. The van der Waals surface area contributed by atoms with E-state index in [0.29, 0.717) is 5.69 Å². The number of hydrogen-bond acceptors (Lipinski definition) is 5. The van der Waals surface area contributed by atoms with Crippen LogP contribution >= 0.6 is 11.3 Å². The van der Waals surface area contributed by atoms with Gasteiger partial charge in [-0.3, -0.25) is 4.79 Å². The molecule has 0 spiro atoms. The second-order valence-corrected chi connectivity index (χ2v) is 4.48. The van der Waals surface area contributed by atoms with Crippen LogP contribution in [-0.2, 0) is 0 Å². The summed E-state index contributed by atoms with van der Waals surface area (Å²) in [5, 5.41) is 13.7. The maximum atomic E-state index is 11.8. The number of pyridine rings is 1. The first-order valence-corrected chi connectivity index (χ1v) is 5.88. The van der Waals surface area contributed by atoms with Crippen molar-refractivity contribution in [3.8, 4) is 0 Å². The number of rotatable bonds is 3. The third-order valence-electron chi connectivity index (χ3n) is 2.06. The molecule has 0 unspecified atom stereocenters. The minimum absolute atomic E-state index is 0.123. The summed E-state index contributed by atoms with van der Waals surface area (Å²) in [5.74, 6) is -1.37. The van der Waals surface area contributed by atoms with Crippen LogP contribution in [0.4, 0.5) is 5.82 Å². The fourth-order valence-electron chi connectivity index (χ4n) is 1.27. The third kappa shape index (κ3) is 2.69. The summed E-state index contributed by atoms with van der Waals surface area (Å²) in [5.41, 5.74) is 0.169. The molecule has 0 aliphatic heterocycles. The standard InChI is InChI=1S/C11H9N3O3S/c1-6-12-8(5-18-6)10(15)14-9-4-2-3-7(13-9)11(16)17/h2-5H,1H3,(H,16,17)(H,13,14,15). The lowest BCUT2D eigenvalue weighted by Gasteiger charge is -2.02. The number of aromatic carboxylic acids is 1. The molecule has 2 heterocycles. The first-order valence-electron chi connectivity index (χ1n) is 5.00. The summed E-state index contributed by atoms with van der Waals surface area (Å²) in [4.78, 5) is 30.3. The summed E-state index contributed by atoms with van der Waals surface area (Å²) in [6.07, 6.45) is 0. The average molecular weight is 263 g/mol. The van der Waals surface area contributed by atoms with Crippen molar-refractivity contribution < 1.29 is 14.7 Å². The summed E-state index contributed by atoms with van der Waals surface area (Å²) >= 11 is 1.36. The number of nitrogens with zero attached hydrogens (tertiary/aromatic N) is 2. The predicted molar refractivity (Wildman–Crippen MR) is 66.0 cm³/mol. The molecule has 2 aromatic rings. The second-order valence-electron chi connectivity index (χ2n) is 3.42. The Hall–Kier alpha value is -2.28. The number of carbonyl (C=O) groups excluding carboxylic acids is 1. The van der Waals surface area contributed by atoms with E-state index >= 15 is 0 Å². The Morgan fingerprint density at radius 2 is 2.06 bits per heavy atom. The number of nitrogens with one attached hydrogen (secondary N) is 1. The Morgan fingerprint density at radius 1 is 1.28 bits per heavy atom. The number of amides is 1. The minimum Gasteiger partial charge on any atom is -0.477 e. The normalized spacial score (nSPS) is 10.1. The van der Waals surface area contributed by atoms with Gasteiger partial charge in [-0.25, -0.2) is 14.8 Å². The molecule has 0 bridgehead atoms. The van der Waals surface area contributed by atoms with Crippen molar-refractivity contribution in [2.24, 2.45) is 0 Å². The largest absolute Gasteiger partial charge is 0.477 e. The van der Waals surface area contributed by atoms with E-state index in [2.05, 4.69) is 15.3 Å². The summed E-state index contributed by atoms with van der Waals surface area (Å²) < 4.78 is 0. The fraction of sp³-hybridized carbons (Fsp3) is 0.0909. The van der Waals surface area contributed by atoms with Crippen molar-refractivity contribution in [3.05, 3.63) is 40.0 Å². The van der Waals surface area contributed by atoms with Crippen LogP contribution in [0.25, 0.3) is 0 Å². The maximum absolute atomic E-state index is 11.8. The summed E-state index contributed by atoms with van der Waals surface area (Å²) in [7, 11) is 0. The lowest BCUT2D eigenvalue weighted by atomic mass is 10.3. The van der Waals surface area contributed by atoms with Gasteiger partial charge >= 0.3 is 5.97 Å². The third-order valence-corrected chi connectivity index (χ3v) is 2.83. The zero-order chi connectivity index (χ0) is 13.1. The van der Waals surface area contributed by atoms with Gasteiger partial charge in [-0.05, 0) is 19.1 Å². The van der Waals surface area contributed by atoms with Crippen molar-refractivity contribution in [3.63, 3.8) is 0 Å². The van der Waals surface area contributed by atoms with Gasteiger partial charge in [0.15, 0.2) is 5.69 Å². The van der Waals surface area contributed by atoms with Crippen LogP contribution in [0.3, 0.4) is 0 Å². The van der Waals surface area contributed by atoms with Crippen molar-refractivity contribution in [2.45, 2.75) is 6.92 Å². The number of thiazole rings is 1. The molecule has 0 aliphatic carbocycles. The van der Waals surface area contributed by atoms with Crippen molar-refractivity contribution in [1.82, 2.24) is 9.97 Å². The summed E-state index contributed by atoms with van der Waals surface area (Å²) in [6, 6.07) is 4.38. The van der Waals surface area contributed by atoms with Gasteiger partial charge in [-0.1, -0.05) is 6.07 Å². The van der Waals surface area contributed by atoms with E-state index in [9.17, 15) is 9.59 Å². The molecular formula is C11H9N3O3S. The van der Waals surface area contributed by atoms with Crippen molar-refractivity contribution in [1.29, 1.82) is 0 Å². The molecular weight excluding hydrogens is 254 g/mol. The minimum atomic E-state index is -1.14. The maximum Gasteiger partial charge on any atom is 0.354 e. The monoisotopic (exact) mass is 263 g/mol. The molecule has 2 N–H and O–H groups in total. The highest BCUT2D eigenvalue weighted by molar-refractivity contribution is 7.09. The molecule has 0 radical (unpaired) electrons. The lowest BCUT2D eigenvalue weighted by molar-refractivity contribution is 0.0690. The number of carboxylic acid groups (broad SMARTS) is 1. The van der Waals surface area contributed by atoms with Crippen LogP contribution in [0.2, 0.25) is 0 Å². The molecule has 1 amide bonds. The van der Waals surface area contributed by atoms with Crippen LogP contribution < -0.4 is 5.32 Å². The molecule has 18 heavy (non-hydrogen) atoms. The van der Waals surface area contributed by atoms with Crippen molar-refractivity contribution >= 4 is 29.0 Å². The fourth-order valence-corrected chi connectivity index (χ4v) is 1.86. The van der Waals surface area contributed by atoms with Crippen LogP contribution in [-0.4, -0.2) is 27.0 Å². The average Bonchev–Trinajstić information content (AvgIpc) is 2.76. The number of hydrogen-bond donors (Lipinski definition) is 2. The molecule has 0 atom stereocenters. The Kier molecular flexibility index (Phi) is 3.33. The quantitative estimate of drug-likeness (QED) is 0.880. The van der Waals surface area contributed by atoms with E-state index in [-0.39, 0.29) is 11.5 Å². The molecule has 92 valence electrons. The number of aryl methyl sites for hydroxylation is 1. The number of carboxylic acids is 1. The van der Waals surface area contributed by atoms with E-state index < -0.39 is 11.9 Å². The molecule has 0 saturated heterocycles. The molecule has 0 aromatic carbocycles. The lowest BCUT2D eigenvalue weighted by Crippen LogP contribution is -2.14. The van der Waals surface area contributed by atoms with Gasteiger partial charge < -0.3 is 10.4 Å². The van der Waals surface area contributed by atoms with Gasteiger partial charge in [-0.2, -0.15) is 0 Å². The van der Waals surface area contributed by atoms with E-state index in [1.165, 1.54) is 29.5 Å². The molecule has 2 aromatic heterocycles. The number of aromatic nitrogens is 2. The SMILES string of the molecule is Cc1nc(C(=O)Nc2cccc(C(=O)O)n2)cs1. The van der Waals surface area contributed by atoms with E-state index in [1.54, 1.807) is 12.3 Å². The Labute approximate surface area is 106 Å². The highest BCUT2D eigenvalue weighted by Crippen LogP contribution is 2.11. The smallest absolute Gasteiger partial charge is 0.354 e. The Morgan fingerprint density at radius 3 is 2.67 bits per heavy atom. The Bertz CT molecular complexity index is 609. The topological polar surface area (TPSA) is 92.2 Å². The number of anilines is 1. The van der Waals surface area contributed by atoms with E-state index in [4.69, 9.17) is 5.11 Å². The van der Waals surface area contributed by atoms with Gasteiger partial charge in [0.05, 0.1) is 5.01 Å². The Balaban J connectivity index is 2.16. The molecule has 0 fully saturated rings. The van der Waals surface area contributed by atoms with Gasteiger partial charge in [0.2, 0.25) is 0 Å². The molecule has 2 rings (SSSR count). The zero-order valence-electron chi connectivity index (χ0n) is 9.38. The highest BCUT2D eigenvalue weighted by Gasteiger charge is 2.11. The van der Waals surface area contributed by atoms with E-state index in [0.717, 1.165) is 5.01 Å². The van der Waals surface area contributed by atoms with Gasteiger partial charge in [0.25, 0.3) is 5.91 Å². The molecule has 7 heteroatoms. The first kappa shape index (κ1) is 12.2. The van der Waals surface area contributed by atoms with Crippen molar-refractivity contribution in [2.75, 3.05) is 5.32 Å². The summed E-state index contributed by atoms with van der Waals surface area (Å²) in [6.45, 7) is 1.80. The van der Waals surface area contributed by atoms with Crippen LogP contribution in [0.5, 0.6) is 0 Å². The van der Waals surface area contributed by atoms with Crippen LogP contribution in [0, 0.1) is 6.92 Å². The molecule has 0 aliphatic rings. The van der Waals surface area contributed by atoms with E-state index in [1.807, 2.05) is 0 Å².